The normalized spacial score (nSPS) is 27.5. The van der Waals surface area contributed by atoms with Crippen molar-refractivity contribution in [3.63, 3.8) is 0 Å². The second kappa shape index (κ2) is 4.72. The van der Waals surface area contributed by atoms with Crippen molar-refractivity contribution in [3.05, 3.63) is 35.6 Å². The van der Waals surface area contributed by atoms with Crippen LogP contribution in [0.3, 0.4) is 0 Å². The van der Waals surface area contributed by atoms with Crippen LogP contribution in [0, 0.1) is 5.82 Å². The minimum absolute atomic E-state index is 0.0111. The number of benzene rings is 1. The highest BCUT2D eigenvalue weighted by Gasteiger charge is 2.56. The largest absolute Gasteiger partial charge is 0.479 e. The zero-order chi connectivity index (χ0) is 14.3. The zero-order valence-corrected chi connectivity index (χ0v) is 12.4. The average molecular weight is 282 g/mol. The smallest absolute Gasteiger partial charge is 0.340 e. The number of carboxylic acid groups (broad SMARTS) is 1. The Hall–Kier alpha value is -1.20. The maximum absolute atomic E-state index is 13.1. The number of halogens is 1. The van der Waals surface area contributed by atoms with Crippen LogP contribution < -0.4 is 0 Å². The summed E-state index contributed by atoms with van der Waals surface area (Å²) in [6.45, 7) is 6.88. The van der Waals surface area contributed by atoms with E-state index in [9.17, 15) is 14.3 Å². The Kier molecular flexibility index (Phi) is 3.53. The molecule has 1 heterocycles. The fourth-order valence-corrected chi connectivity index (χ4v) is 5.58. The fourth-order valence-electron chi connectivity index (χ4n) is 3.00. The molecule has 5 heteroatoms. The quantitative estimate of drug-likeness (QED) is 0.866. The predicted octanol–water partition coefficient (Wildman–Crippen LogP) is 3.23. The molecule has 2 rings (SSSR count). The van der Waals surface area contributed by atoms with Crippen molar-refractivity contribution in [2.24, 2.45) is 0 Å². The van der Waals surface area contributed by atoms with E-state index in [0.717, 1.165) is 6.42 Å². The fraction of sp³-hybridized carbons (Fsp3) is 0.500. The van der Waals surface area contributed by atoms with Gasteiger partial charge in [-0.2, -0.15) is 0 Å². The van der Waals surface area contributed by atoms with Crippen molar-refractivity contribution in [2.75, 3.05) is 6.61 Å². The van der Waals surface area contributed by atoms with E-state index in [1.165, 1.54) is 24.3 Å². The van der Waals surface area contributed by atoms with E-state index >= 15 is 0 Å². The third-order valence-corrected chi connectivity index (χ3v) is 6.65. The molecule has 0 bridgehead atoms. The summed E-state index contributed by atoms with van der Waals surface area (Å²) in [4.78, 5) is 11.9. The molecule has 1 fully saturated rings. The number of carbonyl (C=O) groups is 1. The van der Waals surface area contributed by atoms with Gasteiger partial charge in [0.05, 0.1) is 8.07 Å². The lowest BCUT2D eigenvalue weighted by molar-refractivity contribution is -0.161. The summed E-state index contributed by atoms with van der Waals surface area (Å²) in [6, 6.07) is 5.65. The Bertz CT molecular complexity index is 480. The molecule has 0 saturated carbocycles. The van der Waals surface area contributed by atoms with Gasteiger partial charge in [0.25, 0.3) is 0 Å². The summed E-state index contributed by atoms with van der Waals surface area (Å²) in [5, 5.41) is 9.72. The molecule has 19 heavy (non-hydrogen) atoms. The number of aliphatic carboxylic acids is 1. The van der Waals surface area contributed by atoms with E-state index in [0.29, 0.717) is 12.2 Å². The summed E-state index contributed by atoms with van der Waals surface area (Å²) in [7, 11) is -1.72. The van der Waals surface area contributed by atoms with Gasteiger partial charge in [-0.3, -0.25) is 0 Å². The van der Waals surface area contributed by atoms with Crippen LogP contribution in [0.5, 0.6) is 0 Å². The Labute approximate surface area is 113 Å². The van der Waals surface area contributed by atoms with Gasteiger partial charge in [0, 0.05) is 12.1 Å². The van der Waals surface area contributed by atoms with Crippen LogP contribution in [-0.2, 0) is 15.1 Å². The van der Waals surface area contributed by atoms with E-state index in [1.807, 2.05) is 0 Å². The Morgan fingerprint density at radius 2 is 1.95 bits per heavy atom. The van der Waals surface area contributed by atoms with Crippen molar-refractivity contribution in [3.8, 4) is 0 Å². The molecule has 0 aliphatic carbocycles. The van der Waals surface area contributed by atoms with Crippen molar-refractivity contribution >= 4 is 14.0 Å². The lowest BCUT2D eigenvalue weighted by atomic mass is 9.90. The van der Waals surface area contributed by atoms with Gasteiger partial charge < -0.3 is 9.84 Å². The van der Waals surface area contributed by atoms with Gasteiger partial charge in [-0.05, 0) is 24.1 Å². The number of rotatable bonds is 3. The lowest BCUT2D eigenvalue weighted by Crippen LogP contribution is -2.47. The van der Waals surface area contributed by atoms with Crippen LogP contribution in [0.4, 0.5) is 4.39 Å². The highest BCUT2D eigenvalue weighted by atomic mass is 28.3. The average Bonchev–Trinajstić information content (AvgIpc) is 2.75. The monoisotopic (exact) mass is 282 g/mol. The highest BCUT2D eigenvalue weighted by Crippen LogP contribution is 2.50. The van der Waals surface area contributed by atoms with Crippen molar-refractivity contribution in [1.82, 2.24) is 0 Å². The van der Waals surface area contributed by atoms with Gasteiger partial charge in [-0.1, -0.05) is 31.8 Å². The molecule has 1 aromatic rings. The van der Waals surface area contributed by atoms with Gasteiger partial charge in [-0.25, -0.2) is 9.18 Å². The first-order chi connectivity index (χ1) is 8.78. The maximum atomic E-state index is 13.1. The van der Waals surface area contributed by atoms with Gasteiger partial charge >= 0.3 is 5.97 Å². The Balaban J connectivity index is 2.55. The second-order valence-corrected chi connectivity index (χ2v) is 11.5. The first-order valence-corrected chi connectivity index (χ1v) is 9.99. The van der Waals surface area contributed by atoms with E-state index in [4.69, 9.17) is 4.74 Å². The number of ether oxygens (including phenoxy) is 1. The summed E-state index contributed by atoms with van der Waals surface area (Å²) in [5.74, 6) is -1.34. The molecule has 104 valence electrons. The van der Waals surface area contributed by atoms with Crippen LogP contribution >= 0.6 is 0 Å². The minimum atomic E-state index is -1.72. The van der Waals surface area contributed by atoms with Crippen LogP contribution in [0.2, 0.25) is 25.2 Å². The third kappa shape index (κ3) is 2.32. The molecule has 1 N–H and O–H groups in total. The molecule has 2 unspecified atom stereocenters. The third-order valence-electron chi connectivity index (χ3n) is 3.86. The predicted molar refractivity (Wildman–Crippen MR) is 73.4 cm³/mol. The standard InChI is InChI=1S/C14H19FO3Si/c1-19(2,3)12-8-9-18-14(12,13(16)17)10-4-6-11(15)7-5-10/h4-7,12H,8-9H2,1-3H3,(H,16,17). The summed E-state index contributed by atoms with van der Waals surface area (Å²) in [5.41, 5.74) is -0.771. The Morgan fingerprint density at radius 1 is 1.37 bits per heavy atom. The van der Waals surface area contributed by atoms with Gasteiger partial charge in [0.2, 0.25) is 0 Å². The summed E-state index contributed by atoms with van der Waals surface area (Å²) in [6.07, 6.45) is 0.749. The first-order valence-electron chi connectivity index (χ1n) is 6.42. The molecule has 3 nitrogen and oxygen atoms in total. The molecular weight excluding hydrogens is 263 g/mol. The molecule has 1 saturated heterocycles. The molecule has 1 aromatic carbocycles. The van der Waals surface area contributed by atoms with Crippen molar-refractivity contribution in [2.45, 2.75) is 37.2 Å². The number of hydrogen-bond acceptors (Lipinski definition) is 2. The second-order valence-electron chi connectivity index (χ2n) is 6.10. The highest BCUT2D eigenvalue weighted by molar-refractivity contribution is 6.78. The Morgan fingerprint density at radius 3 is 2.42 bits per heavy atom. The topological polar surface area (TPSA) is 46.5 Å². The molecule has 1 aliphatic heterocycles. The first kappa shape index (κ1) is 14.2. The summed E-state index contributed by atoms with van der Waals surface area (Å²) < 4.78 is 18.7. The van der Waals surface area contributed by atoms with Gasteiger partial charge in [-0.15, -0.1) is 0 Å². The SMILES string of the molecule is C[Si](C)(C)C1CCOC1(C(=O)O)c1ccc(F)cc1. The van der Waals surface area contributed by atoms with E-state index in [1.54, 1.807) is 0 Å². The molecule has 0 amide bonds. The molecule has 0 aromatic heterocycles. The molecule has 2 atom stereocenters. The minimum Gasteiger partial charge on any atom is -0.479 e. The zero-order valence-electron chi connectivity index (χ0n) is 11.4. The molecule has 1 aliphatic rings. The van der Waals surface area contributed by atoms with Crippen LogP contribution in [0.1, 0.15) is 12.0 Å². The van der Waals surface area contributed by atoms with Crippen LogP contribution in [-0.4, -0.2) is 25.8 Å². The lowest BCUT2D eigenvalue weighted by Gasteiger charge is -2.37. The summed E-state index contributed by atoms with van der Waals surface area (Å²) >= 11 is 0. The number of hydrogen-bond donors (Lipinski definition) is 1. The van der Waals surface area contributed by atoms with Crippen molar-refractivity contribution in [1.29, 1.82) is 0 Å². The van der Waals surface area contributed by atoms with E-state index in [2.05, 4.69) is 19.6 Å². The van der Waals surface area contributed by atoms with Crippen LogP contribution in [0.15, 0.2) is 24.3 Å². The van der Waals surface area contributed by atoms with E-state index < -0.39 is 19.6 Å². The number of carboxylic acids is 1. The van der Waals surface area contributed by atoms with Gasteiger partial charge in [0.1, 0.15) is 5.82 Å². The van der Waals surface area contributed by atoms with Crippen LogP contribution in [0.25, 0.3) is 0 Å². The van der Waals surface area contributed by atoms with Gasteiger partial charge in [0.15, 0.2) is 5.60 Å². The maximum Gasteiger partial charge on any atom is 0.340 e. The van der Waals surface area contributed by atoms with Crippen molar-refractivity contribution < 1.29 is 19.0 Å². The molecule has 0 radical (unpaired) electrons. The molecule has 0 spiro atoms. The van der Waals surface area contributed by atoms with E-state index in [-0.39, 0.29) is 11.4 Å². The molecular formula is C14H19FO3Si.